The molecule has 2 aromatic rings. The Bertz CT molecular complexity index is 666. The van der Waals surface area contributed by atoms with Crippen molar-refractivity contribution in [3.63, 3.8) is 0 Å². The minimum Gasteiger partial charge on any atom is -0.406 e. The highest BCUT2D eigenvalue weighted by Gasteiger charge is 2.31. The van der Waals surface area contributed by atoms with Gasteiger partial charge in [0.15, 0.2) is 0 Å². The van der Waals surface area contributed by atoms with Crippen LogP contribution >= 0.6 is 0 Å². The summed E-state index contributed by atoms with van der Waals surface area (Å²) in [5, 5.41) is 0. The summed E-state index contributed by atoms with van der Waals surface area (Å²) in [4.78, 5) is 11.3. The second-order valence-electron chi connectivity index (χ2n) is 4.89. The van der Waals surface area contributed by atoms with Crippen molar-refractivity contribution in [3.05, 3.63) is 65.5 Å². The third-order valence-electron chi connectivity index (χ3n) is 3.19. The second-order valence-corrected chi connectivity index (χ2v) is 4.89. The van der Waals surface area contributed by atoms with E-state index in [-0.39, 0.29) is 12.2 Å². The van der Waals surface area contributed by atoms with Crippen molar-refractivity contribution in [1.82, 2.24) is 0 Å². The van der Waals surface area contributed by atoms with E-state index in [4.69, 9.17) is 5.73 Å². The largest absolute Gasteiger partial charge is 0.573 e. The van der Waals surface area contributed by atoms with Crippen LogP contribution in [0.3, 0.4) is 0 Å². The molecule has 0 fully saturated rings. The molecule has 0 bridgehead atoms. The van der Waals surface area contributed by atoms with Crippen LogP contribution in [-0.4, -0.2) is 12.3 Å². The van der Waals surface area contributed by atoms with E-state index in [1.165, 1.54) is 36.4 Å². The minimum atomic E-state index is -4.77. The molecule has 3 nitrogen and oxygen atoms in total. The quantitative estimate of drug-likeness (QED) is 0.851. The van der Waals surface area contributed by atoms with Gasteiger partial charge in [0.2, 0.25) is 5.91 Å². The molecule has 23 heavy (non-hydrogen) atoms. The van der Waals surface area contributed by atoms with Gasteiger partial charge in [0.1, 0.15) is 11.6 Å². The first kappa shape index (κ1) is 16.8. The third-order valence-corrected chi connectivity index (χ3v) is 3.19. The molecule has 0 heterocycles. The molecule has 1 amide bonds. The summed E-state index contributed by atoms with van der Waals surface area (Å²) < 4.78 is 53.3. The molecule has 1 atom stereocenters. The van der Waals surface area contributed by atoms with Gasteiger partial charge >= 0.3 is 6.36 Å². The molecule has 122 valence electrons. The van der Waals surface area contributed by atoms with Crippen LogP contribution in [0.15, 0.2) is 48.5 Å². The van der Waals surface area contributed by atoms with Gasteiger partial charge in [0, 0.05) is 12.3 Å². The topological polar surface area (TPSA) is 52.3 Å². The van der Waals surface area contributed by atoms with Crippen LogP contribution in [0.2, 0.25) is 0 Å². The fraction of sp³-hybridized carbons (Fsp3) is 0.188. The number of benzene rings is 2. The Labute approximate surface area is 129 Å². The number of carbonyl (C=O) groups excluding carboxylic acids is 1. The second kappa shape index (κ2) is 6.68. The zero-order chi connectivity index (χ0) is 17.0. The van der Waals surface area contributed by atoms with Gasteiger partial charge in [-0.2, -0.15) is 0 Å². The van der Waals surface area contributed by atoms with E-state index in [1.54, 1.807) is 0 Å². The summed E-state index contributed by atoms with van der Waals surface area (Å²) >= 11 is 0. The Kier molecular flexibility index (Phi) is 4.88. The highest BCUT2D eigenvalue weighted by molar-refractivity contribution is 5.75. The molecule has 0 aliphatic carbocycles. The van der Waals surface area contributed by atoms with E-state index < -0.39 is 24.0 Å². The maximum Gasteiger partial charge on any atom is 0.573 e. The number of rotatable bonds is 5. The molecule has 0 radical (unpaired) electrons. The first-order valence-electron chi connectivity index (χ1n) is 6.64. The molecule has 2 aromatic carbocycles. The fourth-order valence-electron chi connectivity index (χ4n) is 2.23. The molecular formula is C16H13F4NO2. The molecule has 2 rings (SSSR count). The van der Waals surface area contributed by atoms with Crippen LogP contribution in [0.4, 0.5) is 17.6 Å². The lowest BCUT2D eigenvalue weighted by Gasteiger charge is -2.17. The van der Waals surface area contributed by atoms with E-state index >= 15 is 0 Å². The van der Waals surface area contributed by atoms with Gasteiger partial charge in [-0.25, -0.2) is 4.39 Å². The van der Waals surface area contributed by atoms with Crippen LogP contribution in [0.5, 0.6) is 5.75 Å². The predicted octanol–water partition coefficient (Wildman–Crippen LogP) is 3.73. The Morgan fingerprint density at radius 1 is 1.00 bits per heavy atom. The summed E-state index contributed by atoms with van der Waals surface area (Å²) in [6.07, 6.45) is -4.82. The van der Waals surface area contributed by atoms with Gasteiger partial charge < -0.3 is 10.5 Å². The lowest BCUT2D eigenvalue weighted by Crippen LogP contribution is -2.17. The molecule has 0 spiro atoms. The van der Waals surface area contributed by atoms with E-state index in [1.807, 2.05) is 0 Å². The number of ether oxygens (including phenoxy) is 1. The number of primary amides is 1. The van der Waals surface area contributed by atoms with Crippen LogP contribution < -0.4 is 10.5 Å². The third kappa shape index (κ3) is 4.98. The maximum absolute atomic E-state index is 13.0. The van der Waals surface area contributed by atoms with Gasteiger partial charge in [-0.3, -0.25) is 4.79 Å². The van der Waals surface area contributed by atoms with E-state index in [0.717, 1.165) is 12.1 Å². The molecule has 0 saturated heterocycles. The van der Waals surface area contributed by atoms with E-state index in [9.17, 15) is 22.4 Å². The number of hydrogen-bond acceptors (Lipinski definition) is 2. The molecule has 0 aliphatic rings. The van der Waals surface area contributed by atoms with Crippen molar-refractivity contribution in [1.29, 1.82) is 0 Å². The maximum atomic E-state index is 13.0. The number of hydrogen-bond donors (Lipinski definition) is 1. The van der Waals surface area contributed by atoms with Crippen molar-refractivity contribution >= 4 is 5.91 Å². The summed E-state index contributed by atoms with van der Waals surface area (Å²) in [5.41, 5.74) is 6.43. The number of carbonyl (C=O) groups is 1. The number of halogens is 4. The molecule has 1 unspecified atom stereocenters. The van der Waals surface area contributed by atoms with Crippen LogP contribution in [-0.2, 0) is 4.79 Å². The van der Waals surface area contributed by atoms with Gasteiger partial charge in [0.05, 0.1) is 0 Å². The van der Waals surface area contributed by atoms with E-state index in [2.05, 4.69) is 4.74 Å². The van der Waals surface area contributed by atoms with E-state index in [0.29, 0.717) is 11.1 Å². The smallest absolute Gasteiger partial charge is 0.406 e. The summed E-state index contributed by atoms with van der Waals surface area (Å²) in [6.45, 7) is 0. The van der Waals surface area contributed by atoms with Gasteiger partial charge in [0.25, 0.3) is 0 Å². The van der Waals surface area contributed by atoms with Crippen LogP contribution in [0.25, 0.3) is 0 Å². The molecule has 7 heteroatoms. The number of alkyl halides is 3. The van der Waals surface area contributed by atoms with Crippen molar-refractivity contribution in [3.8, 4) is 5.75 Å². The monoisotopic (exact) mass is 327 g/mol. The minimum absolute atomic E-state index is 0.0505. The first-order chi connectivity index (χ1) is 10.7. The van der Waals surface area contributed by atoms with Crippen LogP contribution in [0.1, 0.15) is 23.5 Å². The summed E-state index contributed by atoms with van der Waals surface area (Å²) in [6, 6.07) is 10.6. The lowest BCUT2D eigenvalue weighted by atomic mass is 9.88. The molecule has 0 aliphatic heterocycles. The highest BCUT2D eigenvalue weighted by atomic mass is 19.4. The zero-order valence-electron chi connectivity index (χ0n) is 11.8. The average molecular weight is 327 g/mol. The van der Waals surface area contributed by atoms with Crippen molar-refractivity contribution < 1.29 is 27.1 Å². The lowest BCUT2D eigenvalue weighted by molar-refractivity contribution is -0.274. The number of amides is 1. The Hall–Kier alpha value is -2.57. The Morgan fingerprint density at radius 2 is 1.48 bits per heavy atom. The molecule has 0 aromatic heterocycles. The van der Waals surface area contributed by atoms with Crippen molar-refractivity contribution in [2.75, 3.05) is 0 Å². The van der Waals surface area contributed by atoms with Crippen molar-refractivity contribution in [2.24, 2.45) is 5.73 Å². The summed E-state index contributed by atoms with van der Waals surface area (Å²) in [7, 11) is 0. The van der Waals surface area contributed by atoms with Crippen molar-refractivity contribution in [2.45, 2.75) is 18.7 Å². The zero-order valence-corrected chi connectivity index (χ0v) is 11.8. The first-order valence-corrected chi connectivity index (χ1v) is 6.64. The van der Waals surface area contributed by atoms with Crippen LogP contribution in [0, 0.1) is 5.82 Å². The Morgan fingerprint density at radius 3 is 1.91 bits per heavy atom. The predicted molar refractivity (Wildman–Crippen MR) is 75.2 cm³/mol. The SMILES string of the molecule is NC(=O)CC(c1ccc(F)cc1)c1ccc(OC(F)(F)F)cc1. The fourth-order valence-corrected chi connectivity index (χ4v) is 2.23. The summed E-state index contributed by atoms with van der Waals surface area (Å²) in [5.74, 6) is -1.85. The molecule has 2 N–H and O–H groups in total. The van der Waals surface area contributed by atoms with Gasteiger partial charge in [-0.1, -0.05) is 24.3 Å². The van der Waals surface area contributed by atoms with Gasteiger partial charge in [-0.05, 0) is 35.4 Å². The standard InChI is InChI=1S/C16H13F4NO2/c17-12-5-1-10(2-6-12)14(9-15(21)22)11-3-7-13(8-4-11)23-16(18,19)20/h1-8,14H,9H2,(H2,21,22). The Balaban J connectivity index is 2.28. The molecular weight excluding hydrogens is 314 g/mol. The normalized spacial score (nSPS) is 12.7. The highest BCUT2D eigenvalue weighted by Crippen LogP contribution is 2.30. The van der Waals surface area contributed by atoms with Gasteiger partial charge in [-0.15, -0.1) is 13.2 Å². The number of nitrogens with two attached hydrogens (primary N) is 1. The molecule has 0 saturated carbocycles. The average Bonchev–Trinajstić information content (AvgIpc) is 2.45.